The van der Waals surface area contributed by atoms with Crippen LogP contribution in [-0.4, -0.2) is 25.7 Å². The van der Waals surface area contributed by atoms with Crippen molar-refractivity contribution < 1.29 is 9.21 Å². The van der Waals surface area contributed by atoms with Gasteiger partial charge < -0.3 is 4.42 Å². The predicted molar refractivity (Wildman–Crippen MR) is 86.2 cm³/mol. The van der Waals surface area contributed by atoms with Crippen molar-refractivity contribution in [3.05, 3.63) is 53.1 Å². The zero-order valence-electron chi connectivity index (χ0n) is 12.3. The molecule has 0 radical (unpaired) electrons. The number of anilines is 1. The van der Waals surface area contributed by atoms with Crippen LogP contribution in [0.5, 0.6) is 0 Å². The van der Waals surface area contributed by atoms with Crippen molar-refractivity contribution in [1.29, 1.82) is 0 Å². The van der Waals surface area contributed by atoms with E-state index in [1.54, 1.807) is 18.5 Å². The number of carbonyl (C=O) groups excluding carboxylic acids is 1. The molecule has 3 aromatic rings. The second kappa shape index (κ2) is 6.49. The number of nitrogens with zero attached hydrogens (tertiary/aromatic N) is 4. The summed E-state index contributed by atoms with van der Waals surface area (Å²) >= 11 is 5.10. The van der Waals surface area contributed by atoms with E-state index in [4.69, 9.17) is 16.6 Å². The first-order valence-electron chi connectivity index (χ1n) is 6.84. The molecular weight excluding hydrogens is 314 g/mol. The van der Waals surface area contributed by atoms with Crippen LogP contribution in [-0.2, 0) is 11.3 Å². The van der Waals surface area contributed by atoms with Crippen LogP contribution in [0.2, 0.25) is 0 Å². The first kappa shape index (κ1) is 15.0. The molecule has 2 aromatic heterocycles. The van der Waals surface area contributed by atoms with E-state index < -0.39 is 0 Å². The molecule has 8 heteroatoms. The molecular formula is C15H13N5O2S. The maximum absolute atomic E-state index is 12.0. The molecule has 7 nitrogen and oxygen atoms in total. The predicted octanol–water partition coefficient (Wildman–Crippen LogP) is 2.61. The Labute approximate surface area is 137 Å². The minimum atomic E-state index is -0.337. The molecule has 0 saturated carbocycles. The van der Waals surface area contributed by atoms with Gasteiger partial charge >= 0.3 is 0 Å². The fraction of sp³-hybridized carbons (Fsp3) is 0.133. The molecule has 1 N–H and O–H groups in total. The number of nitrogens with one attached hydrogen (secondary N) is 1. The van der Waals surface area contributed by atoms with Crippen LogP contribution in [0.25, 0.3) is 11.5 Å². The van der Waals surface area contributed by atoms with Gasteiger partial charge in [0.25, 0.3) is 4.84 Å². The SMILES string of the molecule is Cc1ccc(-c2nn(CC(=O)Nc3ncccn3)c(=S)o2)cc1. The van der Waals surface area contributed by atoms with Gasteiger partial charge in [-0.25, -0.2) is 14.6 Å². The number of hydrogen-bond acceptors (Lipinski definition) is 6. The Kier molecular flexibility index (Phi) is 4.24. The van der Waals surface area contributed by atoms with Crippen molar-refractivity contribution in [2.24, 2.45) is 0 Å². The van der Waals surface area contributed by atoms with Crippen molar-refractivity contribution in [3.8, 4) is 11.5 Å². The molecule has 0 bridgehead atoms. The molecule has 0 aliphatic rings. The lowest BCUT2D eigenvalue weighted by molar-refractivity contribution is -0.117. The molecule has 1 aromatic carbocycles. The van der Waals surface area contributed by atoms with Crippen molar-refractivity contribution in [2.75, 3.05) is 5.32 Å². The standard InChI is InChI=1S/C15H13N5O2S/c1-10-3-5-11(6-4-10)13-19-20(15(23)22-13)9-12(21)18-14-16-7-2-8-17-14/h2-8H,9H2,1H3,(H,16,17,18,21). The van der Waals surface area contributed by atoms with E-state index in [2.05, 4.69) is 20.4 Å². The van der Waals surface area contributed by atoms with E-state index >= 15 is 0 Å². The zero-order chi connectivity index (χ0) is 16.2. The molecule has 0 aliphatic heterocycles. The number of amides is 1. The van der Waals surface area contributed by atoms with Crippen LogP contribution in [0.3, 0.4) is 0 Å². The average molecular weight is 327 g/mol. The smallest absolute Gasteiger partial charge is 0.287 e. The fourth-order valence-corrected chi connectivity index (χ4v) is 2.07. The van der Waals surface area contributed by atoms with Crippen molar-refractivity contribution in [3.63, 3.8) is 0 Å². The van der Waals surface area contributed by atoms with Gasteiger partial charge in [-0.3, -0.25) is 10.1 Å². The maximum atomic E-state index is 12.0. The summed E-state index contributed by atoms with van der Waals surface area (Å²) in [4.78, 5) is 20.0. The summed E-state index contributed by atoms with van der Waals surface area (Å²) in [5, 5.41) is 6.80. The van der Waals surface area contributed by atoms with E-state index in [0.29, 0.717) is 5.89 Å². The highest BCUT2D eigenvalue weighted by Gasteiger charge is 2.12. The van der Waals surface area contributed by atoms with E-state index in [0.717, 1.165) is 11.1 Å². The third-order valence-corrected chi connectivity index (χ3v) is 3.31. The number of hydrogen-bond donors (Lipinski definition) is 1. The van der Waals surface area contributed by atoms with Gasteiger partial charge in [0.15, 0.2) is 0 Å². The Morgan fingerprint density at radius 2 is 1.96 bits per heavy atom. The lowest BCUT2D eigenvalue weighted by atomic mass is 10.1. The lowest BCUT2D eigenvalue weighted by Gasteiger charge is -2.02. The molecule has 3 rings (SSSR count). The number of aryl methyl sites for hydroxylation is 1. The first-order valence-corrected chi connectivity index (χ1v) is 7.24. The lowest BCUT2D eigenvalue weighted by Crippen LogP contribution is -2.20. The zero-order valence-corrected chi connectivity index (χ0v) is 13.1. The summed E-state index contributed by atoms with van der Waals surface area (Å²) in [5.74, 6) is 0.265. The Morgan fingerprint density at radius 1 is 1.26 bits per heavy atom. The molecule has 0 unspecified atom stereocenters. The van der Waals surface area contributed by atoms with Crippen molar-refractivity contribution >= 4 is 24.1 Å². The molecule has 0 fully saturated rings. The number of aromatic nitrogens is 4. The fourth-order valence-electron chi connectivity index (χ4n) is 1.88. The normalized spacial score (nSPS) is 10.5. The molecule has 0 atom stereocenters. The topological polar surface area (TPSA) is 85.8 Å². The number of benzene rings is 1. The van der Waals surface area contributed by atoms with Crippen molar-refractivity contribution in [1.82, 2.24) is 19.7 Å². The summed E-state index contributed by atoms with van der Waals surface area (Å²) in [7, 11) is 0. The highest BCUT2D eigenvalue weighted by molar-refractivity contribution is 7.71. The summed E-state index contributed by atoms with van der Waals surface area (Å²) in [6, 6.07) is 9.34. The molecule has 0 saturated heterocycles. The second-order valence-corrected chi connectivity index (χ2v) is 5.17. The largest absolute Gasteiger partial charge is 0.409 e. The Morgan fingerprint density at radius 3 is 2.65 bits per heavy atom. The van der Waals surface area contributed by atoms with Gasteiger partial charge in [0.1, 0.15) is 6.54 Å². The molecule has 0 aliphatic carbocycles. The molecule has 116 valence electrons. The minimum Gasteiger partial charge on any atom is -0.409 e. The summed E-state index contributed by atoms with van der Waals surface area (Å²) < 4.78 is 6.77. The Balaban J connectivity index is 1.75. The average Bonchev–Trinajstić information content (AvgIpc) is 2.90. The molecule has 1 amide bonds. The van der Waals surface area contributed by atoms with Gasteiger partial charge in [-0.15, -0.1) is 5.10 Å². The number of carbonyl (C=O) groups is 1. The first-order chi connectivity index (χ1) is 11.1. The molecule has 23 heavy (non-hydrogen) atoms. The van der Waals surface area contributed by atoms with Gasteiger partial charge in [-0.1, -0.05) is 17.7 Å². The highest BCUT2D eigenvalue weighted by Crippen LogP contribution is 2.18. The third-order valence-electron chi connectivity index (χ3n) is 3.02. The van der Waals surface area contributed by atoms with Crippen LogP contribution in [0.15, 0.2) is 47.1 Å². The summed E-state index contributed by atoms with van der Waals surface area (Å²) in [6.07, 6.45) is 3.08. The van der Waals surface area contributed by atoms with Crippen LogP contribution in [0.4, 0.5) is 5.95 Å². The van der Waals surface area contributed by atoms with Crippen LogP contribution in [0, 0.1) is 11.8 Å². The minimum absolute atomic E-state index is 0.0769. The van der Waals surface area contributed by atoms with Crippen LogP contribution >= 0.6 is 12.2 Å². The summed E-state index contributed by atoms with van der Waals surface area (Å²) in [5.41, 5.74) is 1.93. The highest BCUT2D eigenvalue weighted by atomic mass is 32.1. The van der Waals surface area contributed by atoms with Gasteiger partial charge in [0, 0.05) is 18.0 Å². The van der Waals surface area contributed by atoms with Gasteiger partial charge in [0.2, 0.25) is 17.7 Å². The van der Waals surface area contributed by atoms with E-state index in [-0.39, 0.29) is 23.2 Å². The van der Waals surface area contributed by atoms with E-state index in [1.807, 2.05) is 31.2 Å². The van der Waals surface area contributed by atoms with Gasteiger partial charge in [-0.05, 0) is 37.3 Å². The van der Waals surface area contributed by atoms with Gasteiger partial charge in [-0.2, -0.15) is 0 Å². The van der Waals surface area contributed by atoms with E-state index in [1.165, 1.54) is 4.68 Å². The maximum Gasteiger partial charge on any atom is 0.287 e. The summed E-state index contributed by atoms with van der Waals surface area (Å²) in [6.45, 7) is 1.92. The monoisotopic (exact) mass is 327 g/mol. The third kappa shape index (κ3) is 3.67. The quantitative estimate of drug-likeness (QED) is 0.741. The van der Waals surface area contributed by atoms with Gasteiger partial charge in [0.05, 0.1) is 0 Å². The molecule has 2 heterocycles. The number of rotatable bonds is 4. The van der Waals surface area contributed by atoms with Crippen LogP contribution in [0.1, 0.15) is 5.56 Å². The Hall–Kier alpha value is -2.87. The van der Waals surface area contributed by atoms with E-state index in [9.17, 15) is 4.79 Å². The van der Waals surface area contributed by atoms with Crippen molar-refractivity contribution in [2.45, 2.75) is 13.5 Å². The second-order valence-electron chi connectivity index (χ2n) is 4.82. The van der Waals surface area contributed by atoms with Crippen LogP contribution < -0.4 is 5.32 Å². The Bertz CT molecular complexity index is 871. The molecule has 0 spiro atoms.